The molecule has 0 radical (unpaired) electrons. The molecule has 2 heterocycles. The van der Waals surface area contributed by atoms with Crippen LogP contribution in [0.3, 0.4) is 0 Å². The number of piperidine rings is 1. The van der Waals surface area contributed by atoms with Gasteiger partial charge >= 0.3 is 0 Å². The van der Waals surface area contributed by atoms with Crippen molar-refractivity contribution in [1.29, 1.82) is 0 Å². The molecule has 2 fully saturated rings. The molecule has 3 nitrogen and oxygen atoms in total. The average molecular weight is 212 g/mol. The monoisotopic (exact) mass is 212 g/mol. The summed E-state index contributed by atoms with van der Waals surface area (Å²) in [4.78, 5) is 2.54. The zero-order valence-corrected chi connectivity index (χ0v) is 10.2. The molecule has 2 N–H and O–H groups in total. The smallest absolute Gasteiger partial charge is 0.0704 e. The van der Waals surface area contributed by atoms with Gasteiger partial charge in [-0.05, 0) is 46.7 Å². The zero-order chi connectivity index (χ0) is 11.1. The van der Waals surface area contributed by atoms with E-state index in [9.17, 15) is 0 Å². The van der Waals surface area contributed by atoms with E-state index in [4.69, 9.17) is 10.5 Å². The van der Waals surface area contributed by atoms with E-state index >= 15 is 0 Å². The molecular weight excluding hydrogens is 188 g/mol. The molecule has 2 aliphatic rings. The van der Waals surface area contributed by atoms with Gasteiger partial charge in [0.1, 0.15) is 0 Å². The normalized spacial score (nSPS) is 36.6. The Hall–Kier alpha value is -0.120. The fourth-order valence-electron chi connectivity index (χ4n) is 2.96. The number of likely N-dealkylation sites (tertiary alicyclic amines) is 1. The first-order valence-electron chi connectivity index (χ1n) is 6.16. The standard InChI is InChI=1S/C12H24N2O/c1-9(2)14-6-4-12(5-7-14)8-15-10(3)11(12)13/h9-11H,4-8,13H2,1-3H3. The Labute approximate surface area is 93.0 Å². The Kier molecular flexibility index (Phi) is 3.06. The highest BCUT2D eigenvalue weighted by atomic mass is 16.5. The summed E-state index contributed by atoms with van der Waals surface area (Å²) in [6, 6.07) is 0.908. The number of hydrogen-bond acceptors (Lipinski definition) is 3. The van der Waals surface area contributed by atoms with Gasteiger partial charge in [0.05, 0.1) is 12.7 Å². The summed E-state index contributed by atoms with van der Waals surface area (Å²) in [7, 11) is 0. The number of hydrogen-bond donors (Lipinski definition) is 1. The Bertz CT molecular complexity index is 222. The summed E-state index contributed by atoms with van der Waals surface area (Å²) in [6.07, 6.45) is 2.66. The lowest BCUT2D eigenvalue weighted by atomic mass is 9.73. The summed E-state index contributed by atoms with van der Waals surface area (Å²) >= 11 is 0. The molecule has 0 aromatic carbocycles. The predicted octanol–water partition coefficient (Wildman–Crippen LogP) is 1.22. The lowest BCUT2D eigenvalue weighted by Crippen LogP contribution is -2.51. The highest BCUT2D eigenvalue weighted by Gasteiger charge is 2.47. The fraction of sp³-hybridized carbons (Fsp3) is 1.00. The van der Waals surface area contributed by atoms with Gasteiger partial charge in [0.25, 0.3) is 0 Å². The second-order valence-electron chi connectivity index (χ2n) is 5.53. The Balaban J connectivity index is 1.98. The summed E-state index contributed by atoms with van der Waals surface area (Å²) < 4.78 is 5.71. The van der Waals surface area contributed by atoms with Gasteiger partial charge < -0.3 is 15.4 Å². The van der Waals surface area contributed by atoms with E-state index in [2.05, 4.69) is 25.7 Å². The second kappa shape index (κ2) is 4.04. The maximum absolute atomic E-state index is 6.27. The molecule has 15 heavy (non-hydrogen) atoms. The van der Waals surface area contributed by atoms with Crippen molar-refractivity contribution in [2.45, 2.75) is 51.8 Å². The van der Waals surface area contributed by atoms with Gasteiger partial charge in [-0.2, -0.15) is 0 Å². The Morgan fingerprint density at radius 2 is 1.93 bits per heavy atom. The molecular formula is C12H24N2O. The minimum Gasteiger partial charge on any atom is -0.376 e. The molecule has 2 atom stereocenters. The minimum atomic E-state index is 0.242. The van der Waals surface area contributed by atoms with Crippen molar-refractivity contribution in [3.05, 3.63) is 0 Å². The molecule has 2 aliphatic heterocycles. The molecule has 0 aromatic rings. The van der Waals surface area contributed by atoms with E-state index in [1.807, 2.05) is 0 Å². The highest BCUT2D eigenvalue weighted by Crippen LogP contribution is 2.41. The first-order chi connectivity index (χ1) is 7.05. The molecule has 3 heteroatoms. The topological polar surface area (TPSA) is 38.5 Å². The first-order valence-corrected chi connectivity index (χ1v) is 6.16. The van der Waals surface area contributed by atoms with Crippen LogP contribution in [0.15, 0.2) is 0 Å². The van der Waals surface area contributed by atoms with E-state index in [1.54, 1.807) is 0 Å². The van der Waals surface area contributed by atoms with Gasteiger partial charge in [0.2, 0.25) is 0 Å². The van der Waals surface area contributed by atoms with Crippen molar-refractivity contribution >= 4 is 0 Å². The molecule has 0 saturated carbocycles. The maximum Gasteiger partial charge on any atom is 0.0704 e. The van der Waals surface area contributed by atoms with Crippen molar-refractivity contribution in [2.24, 2.45) is 11.1 Å². The van der Waals surface area contributed by atoms with Crippen LogP contribution in [0.5, 0.6) is 0 Å². The van der Waals surface area contributed by atoms with Gasteiger partial charge in [-0.1, -0.05) is 0 Å². The van der Waals surface area contributed by atoms with Crippen LogP contribution in [0.1, 0.15) is 33.6 Å². The van der Waals surface area contributed by atoms with Gasteiger partial charge in [-0.3, -0.25) is 0 Å². The van der Waals surface area contributed by atoms with E-state index in [0.717, 1.165) is 6.61 Å². The molecule has 0 aromatic heterocycles. The fourth-order valence-corrected chi connectivity index (χ4v) is 2.96. The van der Waals surface area contributed by atoms with Gasteiger partial charge in [-0.25, -0.2) is 0 Å². The van der Waals surface area contributed by atoms with Crippen LogP contribution in [-0.4, -0.2) is 42.8 Å². The summed E-state index contributed by atoms with van der Waals surface area (Å²) in [5.41, 5.74) is 6.55. The van der Waals surface area contributed by atoms with Crippen molar-refractivity contribution in [1.82, 2.24) is 4.90 Å². The number of ether oxygens (including phenoxy) is 1. The zero-order valence-electron chi connectivity index (χ0n) is 10.2. The predicted molar refractivity (Wildman–Crippen MR) is 61.8 cm³/mol. The molecule has 88 valence electrons. The summed E-state index contributed by atoms with van der Waals surface area (Å²) in [5, 5.41) is 0. The number of nitrogens with two attached hydrogens (primary N) is 1. The summed E-state index contributed by atoms with van der Waals surface area (Å²) in [5.74, 6) is 0. The minimum absolute atomic E-state index is 0.242. The van der Waals surface area contributed by atoms with Crippen LogP contribution in [0.4, 0.5) is 0 Å². The molecule has 0 bridgehead atoms. The van der Waals surface area contributed by atoms with Crippen LogP contribution in [0.25, 0.3) is 0 Å². The Morgan fingerprint density at radius 1 is 1.33 bits per heavy atom. The molecule has 0 aliphatic carbocycles. The van der Waals surface area contributed by atoms with E-state index in [1.165, 1.54) is 25.9 Å². The molecule has 2 unspecified atom stereocenters. The van der Waals surface area contributed by atoms with Crippen molar-refractivity contribution in [2.75, 3.05) is 19.7 Å². The number of rotatable bonds is 1. The van der Waals surface area contributed by atoms with Crippen LogP contribution in [0, 0.1) is 5.41 Å². The maximum atomic E-state index is 6.27. The van der Waals surface area contributed by atoms with Crippen molar-refractivity contribution in [3.8, 4) is 0 Å². The molecule has 2 saturated heterocycles. The molecule has 2 rings (SSSR count). The quantitative estimate of drug-likeness (QED) is 0.710. The van der Waals surface area contributed by atoms with Crippen LogP contribution >= 0.6 is 0 Å². The van der Waals surface area contributed by atoms with Crippen LogP contribution in [-0.2, 0) is 4.74 Å². The van der Waals surface area contributed by atoms with Crippen molar-refractivity contribution < 1.29 is 4.74 Å². The third-order valence-electron chi connectivity index (χ3n) is 4.37. The second-order valence-corrected chi connectivity index (χ2v) is 5.53. The van der Waals surface area contributed by atoms with Crippen LogP contribution in [0.2, 0.25) is 0 Å². The largest absolute Gasteiger partial charge is 0.376 e. The average Bonchev–Trinajstić information content (AvgIpc) is 2.48. The molecule has 1 spiro atoms. The van der Waals surface area contributed by atoms with E-state index in [-0.39, 0.29) is 17.6 Å². The first kappa shape index (κ1) is 11.4. The summed E-state index contributed by atoms with van der Waals surface area (Å²) in [6.45, 7) is 9.88. The van der Waals surface area contributed by atoms with Gasteiger partial charge in [0.15, 0.2) is 0 Å². The van der Waals surface area contributed by atoms with Crippen LogP contribution < -0.4 is 5.73 Å². The third-order valence-corrected chi connectivity index (χ3v) is 4.37. The highest BCUT2D eigenvalue weighted by molar-refractivity contribution is 5.00. The van der Waals surface area contributed by atoms with E-state index < -0.39 is 0 Å². The lowest BCUT2D eigenvalue weighted by molar-refractivity contribution is 0.0566. The lowest BCUT2D eigenvalue weighted by Gasteiger charge is -2.42. The molecule has 0 amide bonds. The van der Waals surface area contributed by atoms with E-state index in [0.29, 0.717) is 6.04 Å². The van der Waals surface area contributed by atoms with Crippen molar-refractivity contribution in [3.63, 3.8) is 0 Å². The Morgan fingerprint density at radius 3 is 2.33 bits per heavy atom. The number of nitrogens with zero attached hydrogens (tertiary/aromatic N) is 1. The van der Waals surface area contributed by atoms with Gasteiger partial charge in [-0.15, -0.1) is 0 Å². The SMILES string of the molecule is CC1OCC2(CCN(C(C)C)CC2)C1N. The third kappa shape index (κ3) is 1.93. The van der Waals surface area contributed by atoms with Gasteiger partial charge in [0, 0.05) is 17.5 Å².